The maximum atomic E-state index is 13.9. The Balaban J connectivity index is 1.40. The quantitative estimate of drug-likeness (QED) is 0.172. The van der Waals surface area contributed by atoms with Crippen LogP contribution in [0.2, 0.25) is 0 Å². The number of nitrogen functional groups attached to an aromatic ring is 1. The number of hydrogen-bond acceptors (Lipinski definition) is 8. The minimum atomic E-state index is -4.86. The van der Waals surface area contributed by atoms with Gasteiger partial charge in [-0.1, -0.05) is 36.4 Å². The van der Waals surface area contributed by atoms with Crippen LogP contribution in [0.3, 0.4) is 0 Å². The van der Waals surface area contributed by atoms with Gasteiger partial charge in [0.15, 0.2) is 0 Å². The average molecular weight is 549 g/mol. The molecule has 1 aliphatic rings. The van der Waals surface area contributed by atoms with Crippen LogP contribution in [0, 0.1) is 21.8 Å². The van der Waals surface area contributed by atoms with E-state index in [9.17, 15) is 27.7 Å². The maximum Gasteiger partial charge on any atom is 0.573 e. The first-order chi connectivity index (χ1) is 18.6. The molecular weight excluding hydrogens is 520 g/mol. The second kappa shape index (κ2) is 12.2. The van der Waals surface area contributed by atoms with E-state index in [-0.39, 0.29) is 58.8 Å². The maximum absolute atomic E-state index is 13.9. The number of benzene rings is 2. The molecule has 2 aromatic carbocycles. The van der Waals surface area contributed by atoms with Crippen molar-refractivity contribution < 1.29 is 27.2 Å². The van der Waals surface area contributed by atoms with Gasteiger partial charge in [-0.15, -0.1) is 13.2 Å². The van der Waals surface area contributed by atoms with Gasteiger partial charge in [-0.25, -0.2) is 9.37 Å². The number of nitrogens with one attached hydrogen (secondary N) is 2. The summed E-state index contributed by atoms with van der Waals surface area (Å²) in [5.74, 6) is -0.887. The van der Waals surface area contributed by atoms with Gasteiger partial charge in [0.05, 0.1) is 4.92 Å². The molecule has 4 rings (SSSR count). The van der Waals surface area contributed by atoms with Crippen LogP contribution in [-0.2, 0) is 19.5 Å². The molecule has 0 aliphatic heterocycles. The smallest absolute Gasteiger partial charge is 0.405 e. The van der Waals surface area contributed by atoms with Crippen LogP contribution >= 0.6 is 0 Å². The molecule has 4 N–H and O–H groups in total. The first-order valence-corrected chi connectivity index (χ1v) is 12.4. The molecule has 0 spiro atoms. The lowest BCUT2D eigenvalue weighted by molar-refractivity contribution is -0.385. The van der Waals surface area contributed by atoms with Crippen molar-refractivity contribution in [2.45, 2.75) is 57.6 Å². The Labute approximate surface area is 221 Å². The highest BCUT2D eigenvalue weighted by molar-refractivity contribution is 5.58. The predicted octanol–water partition coefficient (Wildman–Crippen LogP) is 5.51. The first kappa shape index (κ1) is 28.0. The number of para-hydroxylation sites is 1. The largest absolute Gasteiger partial charge is 0.573 e. The molecular formula is C26H28F4N6O3. The van der Waals surface area contributed by atoms with E-state index in [0.717, 1.165) is 25.7 Å². The van der Waals surface area contributed by atoms with E-state index in [0.29, 0.717) is 18.5 Å². The Kier molecular flexibility index (Phi) is 8.79. The third kappa shape index (κ3) is 7.76. The molecule has 13 heteroatoms. The van der Waals surface area contributed by atoms with Crippen molar-refractivity contribution in [3.05, 3.63) is 81.3 Å². The lowest BCUT2D eigenvalue weighted by Gasteiger charge is -2.29. The Morgan fingerprint density at radius 3 is 2.33 bits per heavy atom. The van der Waals surface area contributed by atoms with Gasteiger partial charge >= 0.3 is 12.0 Å². The molecule has 0 saturated heterocycles. The molecule has 0 amide bonds. The monoisotopic (exact) mass is 548 g/mol. The molecule has 9 nitrogen and oxygen atoms in total. The van der Waals surface area contributed by atoms with Gasteiger partial charge in [-0.3, -0.25) is 10.1 Å². The second-order valence-electron chi connectivity index (χ2n) is 9.39. The standard InChI is InChI=1S/C26H28F4N6O3/c27-20-7-3-1-5-17(20)14-32-19-11-9-16(10-12-19)13-21-23(36(37)38)24(31)35-25(34-21)33-15-18-6-2-4-8-22(18)39-26(28,29)30/h1-8,16,19,32H,9-15H2,(H3,31,33,34,35). The number of alkyl halides is 3. The van der Waals surface area contributed by atoms with Gasteiger partial charge in [-0.2, -0.15) is 4.98 Å². The van der Waals surface area contributed by atoms with E-state index < -0.39 is 11.3 Å². The summed E-state index contributed by atoms with van der Waals surface area (Å²) in [5.41, 5.74) is 6.47. The molecule has 1 aliphatic carbocycles. The highest BCUT2D eigenvalue weighted by Crippen LogP contribution is 2.33. The zero-order valence-electron chi connectivity index (χ0n) is 20.9. The number of anilines is 2. The minimum Gasteiger partial charge on any atom is -0.405 e. The topological polar surface area (TPSA) is 128 Å². The van der Waals surface area contributed by atoms with Gasteiger partial charge in [0.1, 0.15) is 17.3 Å². The Morgan fingerprint density at radius 2 is 1.67 bits per heavy atom. The highest BCUT2D eigenvalue weighted by Gasteiger charge is 2.32. The Hall–Kier alpha value is -4.00. The highest BCUT2D eigenvalue weighted by atomic mass is 19.4. The Morgan fingerprint density at radius 1 is 1.00 bits per heavy atom. The van der Waals surface area contributed by atoms with Crippen molar-refractivity contribution in [2.75, 3.05) is 11.1 Å². The lowest BCUT2D eigenvalue weighted by atomic mass is 9.83. The lowest BCUT2D eigenvalue weighted by Crippen LogP contribution is -2.33. The summed E-state index contributed by atoms with van der Waals surface area (Å²) >= 11 is 0. The number of rotatable bonds is 10. The Bertz CT molecular complexity index is 1300. The number of nitrogens with zero attached hydrogens (tertiary/aromatic N) is 3. The van der Waals surface area contributed by atoms with Crippen LogP contribution in [-0.4, -0.2) is 27.3 Å². The van der Waals surface area contributed by atoms with E-state index in [4.69, 9.17) is 5.73 Å². The normalized spacial score (nSPS) is 17.5. The van der Waals surface area contributed by atoms with Crippen LogP contribution in [0.1, 0.15) is 42.5 Å². The minimum absolute atomic E-state index is 0.0323. The van der Waals surface area contributed by atoms with Gasteiger partial charge in [0.2, 0.25) is 11.8 Å². The molecule has 1 saturated carbocycles. The predicted molar refractivity (Wildman–Crippen MR) is 136 cm³/mol. The second-order valence-corrected chi connectivity index (χ2v) is 9.39. The summed E-state index contributed by atoms with van der Waals surface area (Å²) in [4.78, 5) is 19.3. The molecule has 0 atom stereocenters. The third-order valence-corrected chi connectivity index (χ3v) is 6.67. The van der Waals surface area contributed by atoms with Gasteiger partial charge < -0.3 is 21.1 Å². The zero-order valence-corrected chi connectivity index (χ0v) is 20.9. The van der Waals surface area contributed by atoms with Crippen LogP contribution in [0.25, 0.3) is 0 Å². The van der Waals surface area contributed by atoms with E-state index >= 15 is 0 Å². The fourth-order valence-corrected chi connectivity index (χ4v) is 4.73. The summed E-state index contributed by atoms with van der Waals surface area (Å²) in [6.07, 6.45) is -1.37. The summed E-state index contributed by atoms with van der Waals surface area (Å²) in [6, 6.07) is 12.4. The number of hydrogen-bond donors (Lipinski definition) is 3. The zero-order chi connectivity index (χ0) is 28.0. The molecule has 0 bridgehead atoms. The van der Waals surface area contributed by atoms with E-state index in [1.807, 2.05) is 0 Å². The summed E-state index contributed by atoms with van der Waals surface area (Å²) in [6.45, 7) is 0.295. The van der Waals surface area contributed by atoms with Crippen molar-refractivity contribution in [2.24, 2.45) is 5.92 Å². The van der Waals surface area contributed by atoms with Crippen molar-refractivity contribution in [1.29, 1.82) is 0 Å². The molecule has 1 fully saturated rings. The van der Waals surface area contributed by atoms with E-state index in [1.54, 1.807) is 24.3 Å². The van der Waals surface area contributed by atoms with Crippen LogP contribution in [0.15, 0.2) is 48.5 Å². The first-order valence-electron chi connectivity index (χ1n) is 12.4. The number of halogens is 4. The number of nitro groups is 1. The molecule has 208 valence electrons. The van der Waals surface area contributed by atoms with Crippen LogP contribution < -0.4 is 21.1 Å². The summed E-state index contributed by atoms with van der Waals surface area (Å²) in [5, 5.41) is 17.9. The van der Waals surface area contributed by atoms with Crippen molar-refractivity contribution in [1.82, 2.24) is 15.3 Å². The van der Waals surface area contributed by atoms with E-state index in [2.05, 4.69) is 25.3 Å². The molecule has 0 unspecified atom stereocenters. The summed E-state index contributed by atoms with van der Waals surface area (Å²) < 4.78 is 56.1. The van der Waals surface area contributed by atoms with Crippen LogP contribution in [0.4, 0.5) is 35.0 Å². The van der Waals surface area contributed by atoms with Gasteiger partial charge in [-0.05, 0) is 50.2 Å². The van der Waals surface area contributed by atoms with Crippen molar-refractivity contribution in [3.8, 4) is 5.75 Å². The van der Waals surface area contributed by atoms with E-state index in [1.165, 1.54) is 24.3 Å². The number of ether oxygens (including phenoxy) is 1. The van der Waals surface area contributed by atoms with Gasteiger partial charge in [0.25, 0.3) is 0 Å². The molecule has 3 aromatic rings. The third-order valence-electron chi connectivity index (χ3n) is 6.67. The van der Waals surface area contributed by atoms with Crippen molar-refractivity contribution in [3.63, 3.8) is 0 Å². The SMILES string of the molecule is Nc1nc(NCc2ccccc2OC(F)(F)F)nc(CC2CCC(NCc3ccccc3F)CC2)c1[N+](=O)[O-]. The van der Waals surface area contributed by atoms with Crippen LogP contribution in [0.5, 0.6) is 5.75 Å². The number of aromatic nitrogens is 2. The molecule has 39 heavy (non-hydrogen) atoms. The molecule has 1 aromatic heterocycles. The summed E-state index contributed by atoms with van der Waals surface area (Å²) in [7, 11) is 0. The van der Waals surface area contributed by atoms with Crippen molar-refractivity contribution >= 4 is 17.5 Å². The molecule has 0 radical (unpaired) electrons. The average Bonchev–Trinajstić information content (AvgIpc) is 2.87. The number of nitrogens with two attached hydrogens (primary N) is 1. The van der Waals surface area contributed by atoms with Gasteiger partial charge in [0, 0.05) is 30.3 Å². The fourth-order valence-electron chi connectivity index (χ4n) is 4.73. The fraction of sp³-hybridized carbons (Fsp3) is 0.385. The molecule has 1 heterocycles.